The van der Waals surface area contributed by atoms with E-state index in [9.17, 15) is 9.90 Å². The molecule has 0 radical (unpaired) electrons. The van der Waals surface area contributed by atoms with Crippen LogP contribution in [0.1, 0.15) is 31.9 Å². The van der Waals surface area contributed by atoms with Gasteiger partial charge in [0.15, 0.2) is 0 Å². The molecule has 2 atom stereocenters. The number of carbonyl (C=O) groups excluding carboxylic acids is 1. The van der Waals surface area contributed by atoms with E-state index >= 15 is 0 Å². The quantitative estimate of drug-likeness (QED) is 0.915. The average molecular weight is 277 g/mol. The molecule has 1 amide bonds. The molecule has 1 aliphatic heterocycles. The third-order valence-electron chi connectivity index (χ3n) is 3.58. The predicted molar refractivity (Wildman–Crippen MR) is 77.2 cm³/mol. The second-order valence-corrected chi connectivity index (χ2v) is 5.63. The van der Waals surface area contributed by atoms with E-state index in [0.29, 0.717) is 25.5 Å². The Balaban J connectivity index is 2.25. The summed E-state index contributed by atoms with van der Waals surface area (Å²) in [5.74, 6) is 0.463. The molecule has 110 valence electrons. The Hall–Kier alpha value is -1.39. The second kappa shape index (κ2) is 6.86. The SMILES string of the molecule is CC(C)CC(=O)N1CCO[C@H](CO)[C@H]1c1ccccc1. The van der Waals surface area contributed by atoms with Crippen LogP contribution in [0.25, 0.3) is 0 Å². The molecule has 0 saturated carbocycles. The first-order valence-corrected chi connectivity index (χ1v) is 7.20. The van der Waals surface area contributed by atoms with Crippen LogP contribution in [0.5, 0.6) is 0 Å². The molecule has 0 aromatic heterocycles. The molecule has 2 rings (SSSR count). The highest BCUT2D eigenvalue weighted by molar-refractivity contribution is 5.77. The van der Waals surface area contributed by atoms with E-state index in [-0.39, 0.29) is 24.7 Å². The molecule has 4 heteroatoms. The number of hydrogen-bond donors (Lipinski definition) is 1. The number of rotatable bonds is 4. The Morgan fingerprint density at radius 2 is 2.10 bits per heavy atom. The van der Waals surface area contributed by atoms with Gasteiger partial charge in [-0.2, -0.15) is 0 Å². The van der Waals surface area contributed by atoms with E-state index in [1.165, 1.54) is 0 Å². The van der Waals surface area contributed by atoms with Gasteiger partial charge in [-0.1, -0.05) is 44.2 Å². The number of ether oxygens (including phenoxy) is 1. The van der Waals surface area contributed by atoms with Crippen molar-refractivity contribution in [3.05, 3.63) is 35.9 Å². The van der Waals surface area contributed by atoms with Crippen LogP contribution in [0.4, 0.5) is 0 Å². The molecule has 0 bridgehead atoms. The van der Waals surface area contributed by atoms with Crippen LogP contribution in [-0.4, -0.2) is 41.8 Å². The van der Waals surface area contributed by atoms with Gasteiger partial charge in [-0.25, -0.2) is 0 Å². The van der Waals surface area contributed by atoms with E-state index in [1.54, 1.807) is 0 Å². The van der Waals surface area contributed by atoms with Crippen LogP contribution in [0, 0.1) is 5.92 Å². The van der Waals surface area contributed by atoms with Crippen LogP contribution in [0.2, 0.25) is 0 Å². The van der Waals surface area contributed by atoms with E-state index in [0.717, 1.165) is 5.56 Å². The zero-order valence-electron chi connectivity index (χ0n) is 12.2. The van der Waals surface area contributed by atoms with Gasteiger partial charge in [0.05, 0.1) is 19.3 Å². The smallest absolute Gasteiger partial charge is 0.223 e. The topological polar surface area (TPSA) is 49.8 Å². The minimum Gasteiger partial charge on any atom is -0.394 e. The fourth-order valence-electron chi connectivity index (χ4n) is 2.68. The average Bonchev–Trinajstić information content (AvgIpc) is 2.46. The summed E-state index contributed by atoms with van der Waals surface area (Å²) in [6.45, 7) is 5.07. The van der Waals surface area contributed by atoms with Crippen molar-refractivity contribution in [1.29, 1.82) is 0 Å². The lowest BCUT2D eigenvalue weighted by molar-refractivity contribution is -0.150. The molecule has 1 saturated heterocycles. The van der Waals surface area contributed by atoms with Crippen molar-refractivity contribution >= 4 is 5.91 Å². The van der Waals surface area contributed by atoms with Gasteiger partial charge in [0.2, 0.25) is 5.91 Å². The van der Waals surface area contributed by atoms with Gasteiger partial charge < -0.3 is 14.7 Å². The molecule has 1 fully saturated rings. The number of nitrogens with zero attached hydrogens (tertiary/aromatic N) is 1. The molecule has 1 aliphatic rings. The highest BCUT2D eigenvalue weighted by atomic mass is 16.5. The van der Waals surface area contributed by atoms with Gasteiger partial charge in [-0.15, -0.1) is 0 Å². The number of aliphatic hydroxyl groups is 1. The van der Waals surface area contributed by atoms with Crippen molar-refractivity contribution in [2.24, 2.45) is 5.92 Å². The van der Waals surface area contributed by atoms with Crippen LogP contribution in [-0.2, 0) is 9.53 Å². The van der Waals surface area contributed by atoms with E-state index in [2.05, 4.69) is 0 Å². The summed E-state index contributed by atoms with van der Waals surface area (Å²) in [6.07, 6.45) is 0.184. The number of benzene rings is 1. The minimum atomic E-state index is -0.345. The first-order valence-electron chi connectivity index (χ1n) is 7.20. The number of aliphatic hydroxyl groups excluding tert-OH is 1. The van der Waals surface area contributed by atoms with E-state index in [4.69, 9.17) is 4.74 Å². The number of carbonyl (C=O) groups is 1. The molecule has 1 aromatic rings. The Labute approximate surface area is 120 Å². The lowest BCUT2D eigenvalue weighted by atomic mass is 9.97. The Kier molecular flexibility index (Phi) is 5.15. The van der Waals surface area contributed by atoms with Crippen LogP contribution in [0.15, 0.2) is 30.3 Å². The molecule has 20 heavy (non-hydrogen) atoms. The molecule has 0 spiro atoms. The molecule has 0 unspecified atom stereocenters. The van der Waals surface area contributed by atoms with E-state index < -0.39 is 0 Å². The fraction of sp³-hybridized carbons (Fsp3) is 0.562. The van der Waals surface area contributed by atoms with Crippen LogP contribution >= 0.6 is 0 Å². The number of amides is 1. The first-order chi connectivity index (χ1) is 9.63. The maximum atomic E-state index is 12.4. The summed E-state index contributed by atoms with van der Waals surface area (Å²) < 4.78 is 5.64. The Morgan fingerprint density at radius 3 is 2.70 bits per heavy atom. The van der Waals surface area contributed by atoms with Gasteiger partial charge in [0, 0.05) is 13.0 Å². The number of morpholine rings is 1. The Bertz CT molecular complexity index is 433. The van der Waals surface area contributed by atoms with Crippen molar-refractivity contribution in [3.8, 4) is 0 Å². The van der Waals surface area contributed by atoms with Gasteiger partial charge >= 0.3 is 0 Å². The lowest BCUT2D eigenvalue weighted by Crippen LogP contribution is -2.49. The third kappa shape index (κ3) is 3.38. The molecule has 4 nitrogen and oxygen atoms in total. The largest absolute Gasteiger partial charge is 0.394 e. The van der Waals surface area contributed by atoms with Gasteiger partial charge in [-0.3, -0.25) is 4.79 Å². The van der Waals surface area contributed by atoms with Gasteiger partial charge in [0.1, 0.15) is 6.10 Å². The van der Waals surface area contributed by atoms with Crippen molar-refractivity contribution in [3.63, 3.8) is 0 Å². The summed E-state index contributed by atoms with van der Waals surface area (Å²) in [6, 6.07) is 9.62. The summed E-state index contributed by atoms with van der Waals surface area (Å²) >= 11 is 0. The maximum Gasteiger partial charge on any atom is 0.223 e. The van der Waals surface area contributed by atoms with Gasteiger partial charge in [0.25, 0.3) is 0 Å². The zero-order valence-corrected chi connectivity index (χ0v) is 12.2. The van der Waals surface area contributed by atoms with E-state index in [1.807, 2.05) is 49.1 Å². The maximum absolute atomic E-state index is 12.4. The van der Waals surface area contributed by atoms with Crippen LogP contribution < -0.4 is 0 Å². The summed E-state index contributed by atoms with van der Waals surface area (Å²) in [5, 5.41) is 9.54. The predicted octanol–water partition coefficient (Wildman–Crippen LogP) is 1.99. The van der Waals surface area contributed by atoms with Crippen molar-refractivity contribution < 1.29 is 14.6 Å². The zero-order chi connectivity index (χ0) is 14.5. The molecular weight excluding hydrogens is 254 g/mol. The monoisotopic (exact) mass is 277 g/mol. The first kappa shape index (κ1) is 15.0. The molecule has 0 aliphatic carbocycles. The second-order valence-electron chi connectivity index (χ2n) is 5.63. The number of hydrogen-bond acceptors (Lipinski definition) is 3. The standard InChI is InChI=1S/C16H23NO3/c1-12(2)10-15(19)17-8-9-20-14(11-18)16(17)13-6-4-3-5-7-13/h3-7,12,14,16,18H,8-11H2,1-2H3/t14-,16-/m1/s1. The molecule has 1 N–H and O–H groups in total. The van der Waals surface area contributed by atoms with Crippen molar-refractivity contribution in [2.45, 2.75) is 32.4 Å². The van der Waals surface area contributed by atoms with Gasteiger partial charge in [-0.05, 0) is 11.5 Å². The summed E-state index contributed by atoms with van der Waals surface area (Å²) in [7, 11) is 0. The highest BCUT2D eigenvalue weighted by Crippen LogP contribution is 2.30. The normalized spacial score (nSPS) is 23.1. The minimum absolute atomic E-state index is 0.0784. The van der Waals surface area contributed by atoms with Crippen molar-refractivity contribution in [2.75, 3.05) is 19.8 Å². The fourth-order valence-corrected chi connectivity index (χ4v) is 2.68. The summed E-state index contributed by atoms with van der Waals surface area (Å²) in [4.78, 5) is 14.3. The molecule has 1 aromatic carbocycles. The molecular formula is C16H23NO3. The third-order valence-corrected chi connectivity index (χ3v) is 3.58. The van der Waals surface area contributed by atoms with Crippen molar-refractivity contribution in [1.82, 2.24) is 4.90 Å². The molecule has 1 heterocycles. The van der Waals surface area contributed by atoms with Crippen LogP contribution in [0.3, 0.4) is 0 Å². The lowest BCUT2D eigenvalue weighted by Gasteiger charge is -2.41. The Morgan fingerprint density at radius 1 is 1.40 bits per heavy atom. The summed E-state index contributed by atoms with van der Waals surface area (Å²) in [5.41, 5.74) is 1.02. The highest BCUT2D eigenvalue weighted by Gasteiger charge is 2.35.